The number of hydrogen-bond acceptors (Lipinski definition) is 7. The lowest BCUT2D eigenvalue weighted by atomic mass is 10.00. The van der Waals surface area contributed by atoms with Crippen LogP contribution < -0.4 is 9.64 Å². The van der Waals surface area contributed by atoms with E-state index in [9.17, 15) is 4.79 Å². The zero-order chi connectivity index (χ0) is 25.5. The average Bonchev–Trinajstić information content (AvgIpc) is 3.21. The molecular weight excluding hydrogens is 472 g/mol. The molecule has 2 heterocycles. The van der Waals surface area contributed by atoms with E-state index in [4.69, 9.17) is 14.2 Å². The summed E-state index contributed by atoms with van der Waals surface area (Å²) in [6.07, 6.45) is 4.41. The molecule has 2 aromatic carbocycles. The SMILES string of the molecule is CCCCOC(C)Oc1ccc(-c2ccc3c(c2)C=C(C(=O)OC)CCN3Cc2csc(C)n2)cc1. The number of rotatable bonds is 10. The molecule has 0 radical (unpaired) electrons. The summed E-state index contributed by atoms with van der Waals surface area (Å²) in [5.74, 6) is 0.490. The topological polar surface area (TPSA) is 60.9 Å². The lowest BCUT2D eigenvalue weighted by Gasteiger charge is -2.24. The van der Waals surface area contributed by atoms with Crippen LogP contribution in [0.4, 0.5) is 5.69 Å². The van der Waals surface area contributed by atoms with Gasteiger partial charge in [-0.25, -0.2) is 9.78 Å². The van der Waals surface area contributed by atoms with Crippen LogP contribution in [0.2, 0.25) is 0 Å². The van der Waals surface area contributed by atoms with Gasteiger partial charge in [0.25, 0.3) is 0 Å². The van der Waals surface area contributed by atoms with E-state index in [1.54, 1.807) is 11.3 Å². The number of ether oxygens (including phenoxy) is 3. The molecule has 0 spiro atoms. The largest absolute Gasteiger partial charge is 0.466 e. The summed E-state index contributed by atoms with van der Waals surface area (Å²) in [5, 5.41) is 3.15. The number of thiazole rings is 1. The van der Waals surface area contributed by atoms with Gasteiger partial charge in [0.15, 0.2) is 6.29 Å². The smallest absolute Gasteiger partial charge is 0.333 e. The third kappa shape index (κ3) is 6.53. The van der Waals surface area contributed by atoms with E-state index < -0.39 is 0 Å². The molecule has 3 aromatic rings. The maximum atomic E-state index is 12.4. The molecule has 4 rings (SSSR count). The Bertz CT molecular complexity index is 1200. The molecular formula is C29H34N2O4S. The molecule has 0 amide bonds. The fraction of sp³-hybridized carbons (Fsp3) is 0.379. The average molecular weight is 507 g/mol. The van der Waals surface area contributed by atoms with Crippen molar-refractivity contribution in [2.75, 3.05) is 25.2 Å². The highest BCUT2D eigenvalue weighted by Crippen LogP contribution is 2.34. The van der Waals surface area contributed by atoms with E-state index in [0.717, 1.165) is 51.7 Å². The van der Waals surface area contributed by atoms with E-state index in [1.165, 1.54) is 7.11 Å². The van der Waals surface area contributed by atoms with Crippen LogP contribution in [0, 0.1) is 6.92 Å². The number of nitrogens with zero attached hydrogens (tertiary/aromatic N) is 2. The van der Waals surface area contributed by atoms with Gasteiger partial charge in [-0.15, -0.1) is 11.3 Å². The third-order valence-corrected chi connectivity index (χ3v) is 6.98. The first-order valence-corrected chi connectivity index (χ1v) is 13.3. The van der Waals surface area contributed by atoms with Crippen molar-refractivity contribution in [2.24, 2.45) is 0 Å². The molecule has 190 valence electrons. The van der Waals surface area contributed by atoms with Crippen molar-refractivity contribution >= 4 is 29.1 Å². The fourth-order valence-electron chi connectivity index (χ4n) is 4.25. The lowest BCUT2D eigenvalue weighted by Crippen LogP contribution is -2.24. The lowest BCUT2D eigenvalue weighted by molar-refractivity contribution is -0.136. The molecule has 0 bridgehead atoms. The number of unbranched alkanes of at least 4 members (excludes halogenated alkanes) is 1. The molecule has 0 saturated carbocycles. The Hall–Kier alpha value is -3.16. The standard InChI is InChI=1S/C29H34N2O4S/c1-5-6-15-34-21(3)35-27-10-7-22(8-11-27)23-9-12-28-25(16-23)17-24(29(32)33-4)13-14-31(28)18-26-19-36-20(2)30-26/h7-12,16-17,19,21H,5-6,13-15,18H2,1-4H3. The second kappa shape index (κ2) is 12.2. The highest BCUT2D eigenvalue weighted by atomic mass is 32.1. The van der Waals surface area contributed by atoms with Gasteiger partial charge >= 0.3 is 5.97 Å². The van der Waals surface area contributed by atoms with Gasteiger partial charge in [0.1, 0.15) is 5.75 Å². The highest BCUT2D eigenvalue weighted by Gasteiger charge is 2.21. The van der Waals surface area contributed by atoms with Crippen molar-refractivity contribution in [1.29, 1.82) is 0 Å². The third-order valence-electron chi connectivity index (χ3n) is 6.16. The predicted octanol–water partition coefficient (Wildman–Crippen LogP) is 6.63. The van der Waals surface area contributed by atoms with Gasteiger partial charge in [-0.1, -0.05) is 31.5 Å². The van der Waals surface area contributed by atoms with Gasteiger partial charge in [0.05, 0.1) is 31.0 Å². The van der Waals surface area contributed by atoms with Crippen LogP contribution >= 0.6 is 11.3 Å². The number of carbonyl (C=O) groups is 1. The number of methoxy groups -OCH3 is 1. The number of benzene rings is 2. The van der Waals surface area contributed by atoms with Crippen molar-refractivity contribution < 1.29 is 19.0 Å². The number of esters is 1. The van der Waals surface area contributed by atoms with Gasteiger partial charge in [-0.05, 0) is 73.7 Å². The zero-order valence-corrected chi connectivity index (χ0v) is 22.3. The minimum Gasteiger partial charge on any atom is -0.466 e. The molecule has 1 aliphatic rings. The van der Waals surface area contributed by atoms with Gasteiger partial charge in [0.2, 0.25) is 0 Å². The molecule has 0 fully saturated rings. The Morgan fingerprint density at radius 3 is 2.64 bits per heavy atom. The van der Waals surface area contributed by atoms with E-state index >= 15 is 0 Å². The van der Waals surface area contributed by atoms with Gasteiger partial charge in [-0.2, -0.15) is 0 Å². The number of hydrogen-bond donors (Lipinski definition) is 0. The second-order valence-corrected chi connectivity index (χ2v) is 9.96. The maximum Gasteiger partial charge on any atom is 0.333 e. The van der Waals surface area contributed by atoms with Gasteiger partial charge in [0, 0.05) is 23.2 Å². The number of carbonyl (C=O) groups excluding carboxylic acids is 1. The van der Waals surface area contributed by atoms with Gasteiger partial charge in [-0.3, -0.25) is 0 Å². The summed E-state index contributed by atoms with van der Waals surface area (Å²) in [6, 6.07) is 14.4. The van der Waals surface area contributed by atoms with Crippen LogP contribution in [-0.2, 0) is 20.8 Å². The number of aryl methyl sites for hydroxylation is 1. The van der Waals surface area contributed by atoms with Gasteiger partial charge < -0.3 is 19.1 Å². The van der Waals surface area contributed by atoms with Crippen molar-refractivity contribution in [3.05, 3.63) is 69.7 Å². The van der Waals surface area contributed by atoms with Crippen LogP contribution in [0.25, 0.3) is 17.2 Å². The van der Waals surface area contributed by atoms with Crippen molar-refractivity contribution in [1.82, 2.24) is 4.98 Å². The molecule has 6 nitrogen and oxygen atoms in total. The van der Waals surface area contributed by atoms with Crippen molar-refractivity contribution in [3.8, 4) is 16.9 Å². The number of fused-ring (bicyclic) bond motifs is 1. The highest BCUT2D eigenvalue weighted by molar-refractivity contribution is 7.09. The van der Waals surface area contributed by atoms with Crippen LogP contribution in [0.5, 0.6) is 5.75 Å². The van der Waals surface area contributed by atoms with Crippen LogP contribution in [-0.4, -0.2) is 37.5 Å². The first kappa shape index (κ1) is 25.9. The minimum absolute atomic E-state index is 0.283. The normalized spacial score (nSPS) is 14.0. The monoisotopic (exact) mass is 506 g/mol. The predicted molar refractivity (Wildman–Crippen MR) is 145 cm³/mol. The molecule has 0 N–H and O–H groups in total. The summed E-state index contributed by atoms with van der Waals surface area (Å²) in [6.45, 7) is 8.19. The van der Waals surface area contributed by atoms with E-state index in [0.29, 0.717) is 31.7 Å². The Morgan fingerprint density at radius 2 is 1.94 bits per heavy atom. The molecule has 7 heteroatoms. The Labute approximate surface area is 217 Å². The quantitative estimate of drug-likeness (QED) is 0.175. The maximum absolute atomic E-state index is 12.4. The molecule has 36 heavy (non-hydrogen) atoms. The summed E-state index contributed by atoms with van der Waals surface area (Å²) >= 11 is 1.65. The molecule has 1 unspecified atom stereocenters. The van der Waals surface area contributed by atoms with E-state index in [2.05, 4.69) is 40.4 Å². The fourth-order valence-corrected chi connectivity index (χ4v) is 4.86. The Morgan fingerprint density at radius 1 is 1.17 bits per heavy atom. The molecule has 1 atom stereocenters. The Kier molecular flexibility index (Phi) is 8.78. The first-order chi connectivity index (χ1) is 17.5. The number of aromatic nitrogens is 1. The molecule has 1 aromatic heterocycles. The molecule has 0 aliphatic carbocycles. The van der Waals surface area contributed by atoms with E-state index in [1.807, 2.05) is 44.2 Å². The summed E-state index contributed by atoms with van der Waals surface area (Å²) in [4.78, 5) is 19.3. The van der Waals surface area contributed by atoms with Crippen LogP contribution in [0.3, 0.4) is 0 Å². The van der Waals surface area contributed by atoms with Crippen molar-refractivity contribution in [3.63, 3.8) is 0 Å². The molecule has 0 saturated heterocycles. The summed E-state index contributed by atoms with van der Waals surface area (Å²) < 4.78 is 16.6. The molecule has 1 aliphatic heterocycles. The van der Waals surface area contributed by atoms with Crippen molar-refractivity contribution in [2.45, 2.75) is 52.9 Å². The summed E-state index contributed by atoms with van der Waals surface area (Å²) in [5.41, 5.74) is 5.94. The first-order valence-electron chi connectivity index (χ1n) is 12.4. The van der Waals surface area contributed by atoms with Crippen LogP contribution in [0.1, 0.15) is 49.4 Å². The number of anilines is 1. The zero-order valence-electron chi connectivity index (χ0n) is 21.5. The van der Waals surface area contributed by atoms with Crippen LogP contribution in [0.15, 0.2) is 53.4 Å². The minimum atomic E-state index is -0.288. The Balaban J connectivity index is 1.57. The second-order valence-electron chi connectivity index (χ2n) is 8.90. The van der Waals surface area contributed by atoms with E-state index in [-0.39, 0.29) is 12.3 Å². The summed E-state index contributed by atoms with van der Waals surface area (Å²) in [7, 11) is 1.43.